The monoisotopic (exact) mass is 348 g/mol. The van der Waals surface area contributed by atoms with Crippen molar-refractivity contribution in [2.75, 3.05) is 18.4 Å². The molecule has 0 unspecified atom stereocenters. The SMILES string of the molecule is Cc1c(Cl)cnc(NC2CC(N(CC(=O)O)CC3CC3)C2)c1C#N. The predicted molar refractivity (Wildman–Crippen MR) is 91.1 cm³/mol. The molecular weight excluding hydrogens is 328 g/mol. The van der Waals surface area contributed by atoms with Gasteiger partial charge in [0.05, 0.1) is 17.1 Å². The zero-order valence-electron chi connectivity index (χ0n) is 13.6. The highest BCUT2D eigenvalue weighted by Crippen LogP contribution is 2.35. The first kappa shape index (κ1) is 17.0. The Hall–Kier alpha value is -1.84. The number of hydrogen-bond acceptors (Lipinski definition) is 5. The minimum atomic E-state index is -0.770. The van der Waals surface area contributed by atoms with Gasteiger partial charge in [-0.15, -0.1) is 0 Å². The number of nitrogens with one attached hydrogen (secondary N) is 1. The van der Waals surface area contributed by atoms with Crippen molar-refractivity contribution in [1.29, 1.82) is 5.26 Å². The number of aliphatic carboxylic acids is 1. The summed E-state index contributed by atoms with van der Waals surface area (Å²) in [6, 6.07) is 2.66. The number of carbonyl (C=O) groups is 1. The van der Waals surface area contributed by atoms with Crippen molar-refractivity contribution in [2.45, 2.75) is 44.7 Å². The minimum absolute atomic E-state index is 0.107. The number of pyridine rings is 1. The van der Waals surface area contributed by atoms with Crippen LogP contribution < -0.4 is 5.32 Å². The molecule has 1 heterocycles. The topological polar surface area (TPSA) is 89.2 Å². The lowest BCUT2D eigenvalue weighted by atomic mass is 9.85. The minimum Gasteiger partial charge on any atom is -0.480 e. The van der Waals surface area contributed by atoms with Gasteiger partial charge in [0.15, 0.2) is 0 Å². The quantitative estimate of drug-likeness (QED) is 0.787. The van der Waals surface area contributed by atoms with Crippen LogP contribution in [0, 0.1) is 24.2 Å². The Balaban J connectivity index is 1.59. The largest absolute Gasteiger partial charge is 0.480 e. The highest BCUT2D eigenvalue weighted by atomic mass is 35.5. The van der Waals surface area contributed by atoms with E-state index in [-0.39, 0.29) is 18.6 Å². The van der Waals surface area contributed by atoms with Crippen LogP contribution in [0.25, 0.3) is 0 Å². The van der Waals surface area contributed by atoms with Gasteiger partial charge in [-0.25, -0.2) is 4.98 Å². The molecule has 128 valence electrons. The molecule has 7 heteroatoms. The lowest BCUT2D eigenvalue weighted by Gasteiger charge is -2.43. The van der Waals surface area contributed by atoms with Crippen LogP contribution in [-0.4, -0.2) is 46.1 Å². The van der Waals surface area contributed by atoms with Crippen molar-refractivity contribution in [3.05, 3.63) is 22.3 Å². The summed E-state index contributed by atoms with van der Waals surface area (Å²) in [4.78, 5) is 17.4. The Kier molecular flexibility index (Phi) is 4.93. The third-order valence-corrected chi connectivity index (χ3v) is 5.27. The van der Waals surface area contributed by atoms with Crippen LogP contribution in [-0.2, 0) is 4.79 Å². The maximum atomic E-state index is 11.1. The van der Waals surface area contributed by atoms with Crippen LogP contribution in [0.2, 0.25) is 5.02 Å². The van der Waals surface area contributed by atoms with Crippen molar-refractivity contribution in [2.24, 2.45) is 5.92 Å². The van der Waals surface area contributed by atoms with Crippen LogP contribution in [0.3, 0.4) is 0 Å². The van der Waals surface area contributed by atoms with Gasteiger partial charge >= 0.3 is 5.97 Å². The molecule has 2 N–H and O–H groups in total. The molecule has 2 aliphatic carbocycles. The zero-order chi connectivity index (χ0) is 17.3. The van der Waals surface area contributed by atoms with E-state index in [9.17, 15) is 10.1 Å². The van der Waals surface area contributed by atoms with Crippen molar-refractivity contribution in [3.63, 3.8) is 0 Å². The molecule has 2 saturated carbocycles. The molecule has 2 aliphatic rings. The molecule has 2 fully saturated rings. The van der Waals surface area contributed by atoms with E-state index in [0.29, 0.717) is 22.3 Å². The van der Waals surface area contributed by atoms with E-state index in [0.717, 1.165) is 24.9 Å². The van der Waals surface area contributed by atoms with Crippen LogP contribution >= 0.6 is 11.6 Å². The molecule has 24 heavy (non-hydrogen) atoms. The van der Waals surface area contributed by atoms with E-state index >= 15 is 0 Å². The van der Waals surface area contributed by atoms with E-state index in [1.165, 1.54) is 12.8 Å². The lowest BCUT2D eigenvalue weighted by Crippen LogP contribution is -2.52. The predicted octanol–water partition coefficient (Wildman–Crippen LogP) is 2.65. The summed E-state index contributed by atoms with van der Waals surface area (Å²) in [6.45, 7) is 2.79. The number of rotatable bonds is 7. The second-order valence-electron chi connectivity index (χ2n) is 6.80. The van der Waals surface area contributed by atoms with E-state index in [1.807, 2.05) is 6.92 Å². The Morgan fingerprint density at radius 2 is 2.25 bits per heavy atom. The van der Waals surface area contributed by atoms with Crippen molar-refractivity contribution in [1.82, 2.24) is 9.88 Å². The number of aromatic nitrogens is 1. The van der Waals surface area contributed by atoms with Gasteiger partial charge in [0.1, 0.15) is 11.9 Å². The van der Waals surface area contributed by atoms with Gasteiger partial charge < -0.3 is 10.4 Å². The Morgan fingerprint density at radius 1 is 1.54 bits per heavy atom. The maximum absolute atomic E-state index is 11.1. The summed E-state index contributed by atoms with van der Waals surface area (Å²) in [7, 11) is 0. The lowest BCUT2D eigenvalue weighted by molar-refractivity contribution is -0.139. The van der Waals surface area contributed by atoms with Crippen molar-refractivity contribution < 1.29 is 9.90 Å². The molecule has 0 atom stereocenters. The number of hydrogen-bond donors (Lipinski definition) is 2. The number of carboxylic acid groups (broad SMARTS) is 1. The first-order valence-corrected chi connectivity index (χ1v) is 8.63. The van der Waals surface area contributed by atoms with Gasteiger partial charge in [-0.1, -0.05) is 11.6 Å². The van der Waals surface area contributed by atoms with Crippen LogP contribution in [0.4, 0.5) is 5.82 Å². The summed E-state index contributed by atoms with van der Waals surface area (Å²) in [5.41, 5.74) is 1.21. The zero-order valence-corrected chi connectivity index (χ0v) is 14.4. The van der Waals surface area contributed by atoms with Gasteiger partial charge in [0, 0.05) is 24.8 Å². The van der Waals surface area contributed by atoms with Crippen molar-refractivity contribution >= 4 is 23.4 Å². The standard InChI is InChI=1S/C17H21ClN4O2/c1-10-14(6-19)17(20-7-15(10)18)21-12-4-13(5-12)22(9-16(23)24)8-11-2-3-11/h7,11-13H,2-5,8-9H2,1H3,(H,20,21)(H,23,24). The molecule has 0 saturated heterocycles. The van der Waals surface area contributed by atoms with Crippen LogP contribution in [0.5, 0.6) is 0 Å². The molecular formula is C17H21ClN4O2. The molecule has 0 bridgehead atoms. The number of halogens is 1. The Labute approximate surface area is 146 Å². The smallest absolute Gasteiger partial charge is 0.317 e. The maximum Gasteiger partial charge on any atom is 0.317 e. The summed E-state index contributed by atoms with van der Waals surface area (Å²) < 4.78 is 0. The van der Waals surface area contributed by atoms with Gasteiger partial charge in [-0.3, -0.25) is 9.69 Å². The molecule has 6 nitrogen and oxygen atoms in total. The third-order valence-electron chi connectivity index (χ3n) is 4.89. The van der Waals surface area contributed by atoms with E-state index in [4.69, 9.17) is 16.7 Å². The van der Waals surface area contributed by atoms with Gasteiger partial charge in [-0.05, 0) is 44.1 Å². The molecule has 0 aliphatic heterocycles. The highest BCUT2D eigenvalue weighted by Gasteiger charge is 2.37. The van der Waals surface area contributed by atoms with Crippen molar-refractivity contribution in [3.8, 4) is 6.07 Å². The van der Waals surface area contributed by atoms with Crippen LogP contribution in [0.15, 0.2) is 6.20 Å². The molecule has 0 spiro atoms. The average Bonchev–Trinajstić information content (AvgIpc) is 3.29. The number of carboxylic acids is 1. The second kappa shape index (κ2) is 6.96. The first-order valence-electron chi connectivity index (χ1n) is 8.25. The number of nitrogens with zero attached hydrogens (tertiary/aromatic N) is 3. The summed E-state index contributed by atoms with van der Waals surface area (Å²) in [5.74, 6) is 0.464. The fraction of sp³-hybridized carbons (Fsp3) is 0.588. The molecule has 0 radical (unpaired) electrons. The summed E-state index contributed by atoms with van der Waals surface area (Å²) in [5, 5.41) is 22.2. The van der Waals surface area contributed by atoms with Gasteiger partial charge in [0.2, 0.25) is 0 Å². The number of nitriles is 1. The molecule has 1 aromatic rings. The van der Waals surface area contributed by atoms with E-state index in [1.54, 1.807) is 6.20 Å². The normalized spacial score (nSPS) is 22.8. The fourth-order valence-corrected chi connectivity index (χ4v) is 3.31. The first-order chi connectivity index (χ1) is 11.5. The second-order valence-corrected chi connectivity index (χ2v) is 7.21. The molecule has 1 aromatic heterocycles. The molecule has 3 rings (SSSR count). The van der Waals surface area contributed by atoms with Crippen LogP contribution in [0.1, 0.15) is 36.8 Å². The Morgan fingerprint density at radius 3 is 2.83 bits per heavy atom. The third kappa shape index (κ3) is 3.80. The molecule has 0 aromatic carbocycles. The molecule has 0 amide bonds. The van der Waals surface area contributed by atoms with E-state index in [2.05, 4.69) is 21.3 Å². The van der Waals surface area contributed by atoms with Gasteiger partial charge in [-0.2, -0.15) is 5.26 Å². The fourth-order valence-electron chi connectivity index (χ4n) is 3.17. The summed E-state index contributed by atoms with van der Waals surface area (Å²) in [6.07, 6.45) is 5.72. The highest BCUT2D eigenvalue weighted by molar-refractivity contribution is 6.31. The van der Waals surface area contributed by atoms with Gasteiger partial charge in [0.25, 0.3) is 0 Å². The Bertz CT molecular complexity index is 678. The van der Waals surface area contributed by atoms with E-state index < -0.39 is 5.97 Å². The average molecular weight is 349 g/mol. The number of anilines is 1. The summed E-state index contributed by atoms with van der Waals surface area (Å²) >= 11 is 6.01.